The predicted molar refractivity (Wildman–Crippen MR) is 117 cm³/mol. The SMILES string of the molecule is C[C@@H]1CN([C@H](c2ccsc2)c2cccc(O)c2)[C@@H](C)CN1Cc1cc(F)c(F)c(F)c1. The number of thiophene rings is 1. The fourth-order valence-corrected chi connectivity index (χ4v) is 5.12. The van der Waals surface area contributed by atoms with Crippen LogP contribution in [-0.4, -0.2) is 40.1 Å². The molecule has 1 aliphatic heterocycles. The van der Waals surface area contributed by atoms with E-state index in [-0.39, 0.29) is 23.9 Å². The van der Waals surface area contributed by atoms with Crippen LogP contribution in [0.25, 0.3) is 0 Å². The van der Waals surface area contributed by atoms with Crippen molar-refractivity contribution in [1.82, 2.24) is 9.80 Å². The molecular weight excluding hydrogens is 421 g/mol. The van der Waals surface area contributed by atoms with Gasteiger partial charge in [-0.15, -0.1) is 0 Å². The molecule has 164 valence electrons. The first-order valence-electron chi connectivity index (χ1n) is 10.3. The van der Waals surface area contributed by atoms with Crippen molar-refractivity contribution in [2.24, 2.45) is 0 Å². The van der Waals surface area contributed by atoms with E-state index in [0.29, 0.717) is 18.7 Å². The lowest BCUT2D eigenvalue weighted by molar-refractivity contribution is 0.0195. The molecule has 1 saturated heterocycles. The first-order valence-corrected chi connectivity index (χ1v) is 11.2. The molecule has 1 aromatic heterocycles. The summed E-state index contributed by atoms with van der Waals surface area (Å²) >= 11 is 1.64. The van der Waals surface area contributed by atoms with Crippen molar-refractivity contribution in [3.63, 3.8) is 0 Å². The summed E-state index contributed by atoms with van der Waals surface area (Å²) in [5.74, 6) is -3.51. The minimum atomic E-state index is -1.43. The van der Waals surface area contributed by atoms with Gasteiger partial charge in [-0.05, 0) is 71.6 Å². The van der Waals surface area contributed by atoms with Crippen LogP contribution in [0.2, 0.25) is 0 Å². The van der Waals surface area contributed by atoms with Gasteiger partial charge in [0.05, 0.1) is 6.04 Å². The molecule has 0 radical (unpaired) electrons. The fourth-order valence-electron chi connectivity index (χ4n) is 4.44. The summed E-state index contributed by atoms with van der Waals surface area (Å²) < 4.78 is 40.6. The Kier molecular flexibility index (Phi) is 6.36. The van der Waals surface area contributed by atoms with E-state index >= 15 is 0 Å². The molecule has 2 heterocycles. The number of aromatic hydroxyl groups is 1. The molecule has 1 aliphatic rings. The van der Waals surface area contributed by atoms with Gasteiger partial charge in [-0.25, -0.2) is 13.2 Å². The number of phenolic OH excluding ortho intramolecular Hbond substituents is 1. The van der Waals surface area contributed by atoms with Crippen molar-refractivity contribution < 1.29 is 18.3 Å². The quantitative estimate of drug-likeness (QED) is 0.520. The molecule has 3 aromatic rings. The predicted octanol–water partition coefficient (Wildman–Crippen LogP) is 5.56. The first kappa shape index (κ1) is 21.9. The zero-order valence-corrected chi connectivity index (χ0v) is 18.2. The van der Waals surface area contributed by atoms with Crippen LogP contribution in [0.1, 0.15) is 36.6 Å². The molecule has 0 unspecified atom stereocenters. The van der Waals surface area contributed by atoms with Crippen molar-refractivity contribution >= 4 is 11.3 Å². The number of nitrogens with zero attached hydrogens (tertiary/aromatic N) is 2. The fraction of sp³-hybridized carbons (Fsp3) is 0.333. The second-order valence-electron chi connectivity index (χ2n) is 8.25. The van der Waals surface area contributed by atoms with Crippen LogP contribution in [-0.2, 0) is 6.54 Å². The lowest BCUT2D eigenvalue weighted by Crippen LogP contribution is -2.56. The molecule has 0 saturated carbocycles. The largest absolute Gasteiger partial charge is 0.508 e. The van der Waals surface area contributed by atoms with Crippen LogP contribution >= 0.6 is 11.3 Å². The number of benzene rings is 2. The van der Waals surface area contributed by atoms with Crippen molar-refractivity contribution in [2.45, 2.75) is 38.5 Å². The smallest absolute Gasteiger partial charge is 0.194 e. The Morgan fingerprint density at radius 3 is 2.39 bits per heavy atom. The van der Waals surface area contributed by atoms with Crippen molar-refractivity contribution in [2.75, 3.05) is 13.1 Å². The van der Waals surface area contributed by atoms with Crippen molar-refractivity contribution in [3.05, 3.63) is 87.4 Å². The van der Waals surface area contributed by atoms with E-state index in [1.807, 2.05) is 17.5 Å². The Balaban J connectivity index is 1.57. The highest BCUT2D eigenvalue weighted by molar-refractivity contribution is 7.08. The lowest BCUT2D eigenvalue weighted by Gasteiger charge is -2.47. The molecule has 0 amide bonds. The highest BCUT2D eigenvalue weighted by Gasteiger charge is 2.35. The van der Waals surface area contributed by atoms with Gasteiger partial charge in [-0.3, -0.25) is 9.80 Å². The van der Waals surface area contributed by atoms with Gasteiger partial charge in [0, 0.05) is 31.7 Å². The molecule has 0 bridgehead atoms. The molecule has 2 aromatic carbocycles. The number of rotatable bonds is 5. The summed E-state index contributed by atoms with van der Waals surface area (Å²) in [5, 5.41) is 14.2. The van der Waals surface area contributed by atoms with E-state index < -0.39 is 17.5 Å². The average Bonchev–Trinajstić information content (AvgIpc) is 3.24. The van der Waals surface area contributed by atoms with Crippen LogP contribution in [0.5, 0.6) is 5.75 Å². The third kappa shape index (κ3) is 4.63. The lowest BCUT2D eigenvalue weighted by atomic mass is 9.95. The zero-order valence-electron chi connectivity index (χ0n) is 17.4. The van der Waals surface area contributed by atoms with Crippen LogP contribution in [0.4, 0.5) is 13.2 Å². The van der Waals surface area contributed by atoms with E-state index in [2.05, 4.69) is 35.1 Å². The van der Waals surface area contributed by atoms with Gasteiger partial charge in [0.25, 0.3) is 0 Å². The maximum Gasteiger partial charge on any atom is 0.194 e. The maximum absolute atomic E-state index is 13.7. The normalized spacial score (nSPS) is 21.3. The molecule has 1 N–H and O–H groups in total. The summed E-state index contributed by atoms with van der Waals surface area (Å²) in [5.41, 5.74) is 2.62. The second kappa shape index (κ2) is 9.02. The molecule has 3 nitrogen and oxygen atoms in total. The number of halogens is 3. The van der Waals surface area contributed by atoms with Crippen molar-refractivity contribution in [1.29, 1.82) is 0 Å². The van der Waals surface area contributed by atoms with Crippen LogP contribution < -0.4 is 0 Å². The Hall–Kier alpha value is -2.35. The standard InChI is InChI=1S/C24H25F3N2OS/c1-15-12-29(24(19-6-7-31-14-19)18-4-3-5-20(30)10-18)16(2)11-28(15)13-17-8-21(25)23(27)22(26)9-17/h3-10,14-16,24,30H,11-13H2,1-2H3/t15-,16+,24+/m1/s1. The zero-order chi connectivity index (χ0) is 22.1. The van der Waals surface area contributed by atoms with E-state index in [1.54, 1.807) is 23.5 Å². The summed E-state index contributed by atoms with van der Waals surface area (Å²) in [6, 6.07) is 11.9. The van der Waals surface area contributed by atoms with Gasteiger partial charge in [0.15, 0.2) is 17.5 Å². The summed E-state index contributed by atoms with van der Waals surface area (Å²) in [4.78, 5) is 4.57. The molecule has 4 rings (SSSR count). The number of phenols is 1. The Morgan fingerprint density at radius 2 is 1.74 bits per heavy atom. The van der Waals surface area contributed by atoms with Gasteiger partial charge in [-0.1, -0.05) is 12.1 Å². The monoisotopic (exact) mass is 446 g/mol. The Bertz CT molecular complexity index is 1020. The van der Waals surface area contributed by atoms with Gasteiger partial charge < -0.3 is 5.11 Å². The van der Waals surface area contributed by atoms with E-state index in [0.717, 1.165) is 24.2 Å². The van der Waals surface area contributed by atoms with Gasteiger partial charge in [0.2, 0.25) is 0 Å². The molecule has 7 heteroatoms. The van der Waals surface area contributed by atoms with E-state index in [1.165, 1.54) is 5.56 Å². The van der Waals surface area contributed by atoms with Gasteiger partial charge in [-0.2, -0.15) is 11.3 Å². The molecule has 31 heavy (non-hydrogen) atoms. The number of hydrogen-bond acceptors (Lipinski definition) is 4. The highest BCUT2D eigenvalue weighted by Crippen LogP contribution is 2.35. The number of hydrogen-bond donors (Lipinski definition) is 1. The molecule has 3 atom stereocenters. The Labute approximate surface area is 184 Å². The summed E-state index contributed by atoms with van der Waals surface area (Å²) in [6.07, 6.45) is 0. The highest BCUT2D eigenvalue weighted by atomic mass is 32.1. The number of piperazine rings is 1. The molecule has 1 fully saturated rings. The van der Waals surface area contributed by atoms with Crippen LogP contribution in [0.3, 0.4) is 0 Å². The minimum Gasteiger partial charge on any atom is -0.508 e. The summed E-state index contributed by atoms with van der Waals surface area (Å²) in [7, 11) is 0. The second-order valence-corrected chi connectivity index (χ2v) is 9.03. The van der Waals surface area contributed by atoms with Crippen molar-refractivity contribution in [3.8, 4) is 5.75 Å². The third-order valence-corrected chi connectivity index (χ3v) is 6.67. The molecule has 0 aliphatic carbocycles. The van der Waals surface area contributed by atoms with E-state index in [4.69, 9.17) is 0 Å². The van der Waals surface area contributed by atoms with Gasteiger partial charge in [0.1, 0.15) is 5.75 Å². The average molecular weight is 447 g/mol. The van der Waals surface area contributed by atoms with Gasteiger partial charge >= 0.3 is 0 Å². The minimum absolute atomic E-state index is 0.00124. The third-order valence-electron chi connectivity index (χ3n) is 5.97. The maximum atomic E-state index is 13.7. The Morgan fingerprint density at radius 1 is 1.00 bits per heavy atom. The van der Waals surface area contributed by atoms with Crippen LogP contribution in [0, 0.1) is 17.5 Å². The van der Waals surface area contributed by atoms with E-state index in [9.17, 15) is 18.3 Å². The molecular formula is C24H25F3N2OS. The van der Waals surface area contributed by atoms with Crippen LogP contribution in [0.15, 0.2) is 53.2 Å². The topological polar surface area (TPSA) is 26.7 Å². The molecule has 0 spiro atoms. The summed E-state index contributed by atoms with van der Waals surface area (Å²) in [6.45, 7) is 6.00. The first-order chi connectivity index (χ1) is 14.8.